The van der Waals surface area contributed by atoms with Crippen LogP contribution in [0, 0.1) is 0 Å². The third-order valence-electron chi connectivity index (χ3n) is 4.14. The number of rotatable bonds is 9. The summed E-state index contributed by atoms with van der Waals surface area (Å²) in [5.74, 6) is 0.364. The predicted octanol–water partition coefficient (Wildman–Crippen LogP) is 5.21. The first kappa shape index (κ1) is 23.7. The maximum atomic E-state index is 12.7. The molecule has 0 unspecified atom stereocenters. The van der Waals surface area contributed by atoms with Gasteiger partial charge in [0, 0.05) is 5.69 Å². The van der Waals surface area contributed by atoms with Crippen LogP contribution in [0.15, 0.2) is 71.6 Å². The van der Waals surface area contributed by atoms with Gasteiger partial charge in [-0.05, 0) is 61.5 Å². The molecule has 3 rings (SSSR count). The average Bonchev–Trinajstić information content (AvgIpc) is 2.76. The van der Waals surface area contributed by atoms with E-state index in [1.54, 1.807) is 48.5 Å². The van der Waals surface area contributed by atoms with Crippen LogP contribution in [0.1, 0.15) is 6.92 Å². The Morgan fingerprint density at radius 1 is 0.938 bits per heavy atom. The van der Waals surface area contributed by atoms with E-state index < -0.39 is 15.9 Å². The molecule has 0 saturated carbocycles. The summed E-state index contributed by atoms with van der Waals surface area (Å²) in [4.78, 5) is 12.0. The van der Waals surface area contributed by atoms with E-state index in [0.717, 1.165) is 0 Å². The van der Waals surface area contributed by atoms with Crippen molar-refractivity contribution in [2.24, 2.45) is 0 Å². The number of hydrogen-bond donors (Lipinski definition) is 2. The Morgan fingerprint density at radius 3 is 2.31 bits per heavy atom. The minimum absolute atomic E-state index is 0.0464. The molecular formula is C22H20Cl2N2O5S. The maximum Gasteiger partial charge on any atom is 0.262 e. The van der Waals surface area contributed by atoms with E-state index >= 15 is 0 Å². The van der Waals surface area contributed by atoms with Crippen LogP contribution in [0.5, 0.6) is 11.5 Å². The van der Waals surface area contributed by atoms with Crippen LogP contribution < -0.4 is 19.5 Å². The SMILES string of the molecule is CCOc1ccc(NS(=O)(=O)c2ccc(OCC(=O)Nc3ccccc3Cl)c(Cl)c2)cc1. The molecule has 0 atom stereocenters. The Bertz CT molecular complexity index is 1200. The minimum atomic E-state index is -3.88. The van der Waals surface area contributed by atoms with Crippen molar-refractivity contribution in [1.82, 2.24) is 0 Å². The van der Waals surface area contributed by atoms with Gasteiger partial charge in [0.2, 0.25) is 0 Å². The average molecular weight is 495 g/mol. The highest BCUT2D eigenvalue weighted by Crippen LogP contribution is 2.29. The second-order valence-corrected chi connectivity index (χ2v) is 8.97. The number of anilines is 2. The van der Waals surface area contributed by atoms with Gasteiger partial charge in [-0.2, -0.15) is 0 Å². The molecule has 7 nitrogen and oxygen atoms in total. The zero-order valence-electron chi connectivity index (χ0n) is 17.0. The maximum absolute atomic E-state index is 12.7. The summed E-state index contributed by atoms with van der Waals surface area (Å²) in [7, 11) is -3.88. The Morgan fingerprint density at radius 2 is 1.66 bits per heavy atom. The van der Waals surface area contributed by atoms with E-state index in [1.165, 1.54) is 18.2 Å². The number of ether oxygens (including phenoxy) is 2. The van der Waals surface area contributed by atoms with E-state index in [2.05, 4.69) is 10.0 Å². The molecule has 0 heterocycles. The molecule has 10 heteroatoms. The molecule has 3 aromatic rings. The first-order valence-electron chi connectivity index (χ1n) is 9.51. The van der Waals surface area contributed by atoms with E-state index in [1.807, 2.05) is 6.92 Å². The number of carbonyl (C=O) groups is 1. The zero-order chi connectivity index (χ0) is 23.1. The van der Waals surface area contributed by atoms with Gasteiger partial charge in [0.25, 0.3) is 15.9 Å². The molecule has 32 heavy (non-hydrogen) atoms. The normalized spacial score (nSPS) is 11.0. The zero-order valence-corrected chi connectivity index (χ0v) is 19.3. The lowest BCUT2D eigenvalue weighted by atomic mass is 10.3. The van der Waals surface area contributed by atoms with Gasteiger partial charge in [-0.15, -0.1) is 0 Å². The highest BCUT2D eigenvalue weighted by atomic mass is 35.5. The highest BCUT2D eigenvalue weighted by molar-refractivity contribution is 7.92. The monoisotopic (exact) mass is 494 g/mol. The molecule has 0 aliphatic carbocycles. The number of halogens is 2. The Labute approximate surface area is 196 Å². The first-order chi connectivity index (χ1) is 15.3. The van der Waals surface area contributed by atoms with E-state index in [9.17, 15) is 13.2 Å². The number of carbonyl (C=O) groups excluding carboxylic acids is 1. The van der Waals surface area contributed by atoms with Crippen molar-refractivity contribution in [1.29, 1.82) is 0 Å². The second-order valence-electron chi connectivity index (χ2n) is 6.47. The number of para-hydroxylation sites is 1. The van der Waals surface area contributed by atoms with Gasteiger partial charge in [-0.1, -0.05) is 35.3 Å². The van der Waals surface area contributed by atoms with Gasteiger partial charge in [0.15, 0.2) is 6.61 Å². The molecular weight excluding hydrogens is 475 g/mol. The van der Waals surface area contributed by atoms with Crippen LogP contribution in [0.3, 0.4) is 0 Å². The van der Waals surface area contributed by atoms with Crippen LogP contribution in [0.25, 0.3) is 0 Å². The first-order valence-corrected chi connectivity index (χ1v) is 11.7. The molecule has 0 fully saturated rings. The summed E-state index contributed by atoms with van der Waals surface area (Å²) in [6.07, 6.45) is 0. The van der Waals surface area contributed by atoms with Gasteiger partial charge in [0.05, 0.1) is 27.2 Å². The van der Waals surface area contributed by atoms with Gasteiger partial charge < -0.3 is 14.8 Å². The topological polar surface area (TPSA) is 93.7 Å². The fourth-order valence-electron chi connectivity index (χ4n) is 2.66. The lowest BCUT2D eigenvalue weighted by molar-refractivity contribution is -0.118. The van der Waals surface area contributed by atoms with Crippen molar-refractivity contribution in [3.63, 3.8) is 0 Å². The smallest absolute Gasteiger partial charge is 0.262 e. The molecule has 1 amide bonds. The standard InChI is InChI=1S/C22H20Cl2N2O5S/c1-2-30-16-9-7-15(8-10-16)26-32(28,29)17-11-12-21(19(24)13-17)31-14-22(27)25-20-6-4-3-5-18(20)23/h3-13,26H,2,14H2,1H3,(H,25,27). The van der Waals surface area contributed by atoms with Crippen molar-refractivity contribution in [3.05, 3.63) is 76.8 Å². The van der Waals surface area contributed by atoms with Gasteiger partial charge >= 0.3 is 0 Å². The number of amides is 1. The Balaban J connectivity index is 1.63. The number of benzene rings is 3. The van der Waals surface area contributed by atoms with Crippen molar-refractivity contribution in [2.45, 2.75) is 11.8 Å². The molecule has 168 valence electrons. The Kier molecular flexibility index (Phi) is 7.84. The minimum Gasteiger partial charge on any atom is -0.494 e. The molecule has 0 aliphatic heterocycles. The van der Waals surface area contributed by atoms with E-state index in [-0.39, 0.29) is 22.3 Å². The number of hydrogen-bond acceptors (Lipinski definition) is 5. The summed E-state index contributed by atoms with van der Waals surface area (Å²) in [6.45, 7) is 2.04. The number of sulfonamides is 1. The van der Waals surface area contributed by atoms with Gasteiger partial charge in [0.1, 0.15) is 11.5 Å². The summed E-state index contributed by atoms with van der Waals surface area (Å²) in [5.41, 5.74) is 0.830. The summed E-state index contributed by atoms with van der Waals surface area (Å²) in [5, 5.41) is 3.06. The van der Waals surface area contributed by atoms with Crippen LogP contribution in [-0.4, -0.2) is 27.5 Å². The Hall–Kier alpha value is -2.94. The van der Waals surface area contributed by atoms with Crippen molar-refractivity contribution < 1.29 is 22.7 Å². The summed E-state index contributed by atoms with van der Waals surface area (Å²) in [6, 6.07) is 17.3. The third-order valence-corrected chi connectivity index (χ3v) is 6.14. The molecule has 0 bridgehead atoms. The van der Waals surface area contributed by atoms with Crippen LogP contribution in [-0.2, 0) is 14.8 Å². The summed E-state index contributed by atoms with van der Waals surface area (Å²) >= 11 is 12.2. The van der Waals surface area contributed by atoms with Crippen molar-refractivity contribution in [2.75, 3.05) is 23.3 Å². The molecule has 0 radical (unpaired) electrons. The highest BCUT2D eigenvalue weighted by Gasteiger charge is 2.17. The van der Waals surface area contributed by atoms with E-state index in [0.29, 0.717) is 28.8 Å². The molecule has 2 N–H and O–H groups in total. The van der Waals surface area contributed by atoms with Crippen molar-refractivity contribution >= 4 is 50.5 Å². The largest absolute Gasteiger partial charge is 0.494 e. The number of nitrogens with one attached hydrogen (secondary N) is 2. The predicted molar refractivity (Wildman–Crippen MR) is 125 cm³/mol. The lowest BCUT2D eigenvalue weighted by Gasteiger charge is -2.12. The fourth-order valence-corrected chi connectivity index (χ4v) is 4.23. The lowest BCUT2D eigenvalue weighted by Crippen LogP contribution is -2.20. The van der Waals surface area contributed by atoms with Gasteiger partial charge in [-0.3, -0.25) is 9.52 Å². The van der Waals surface area contributed by atoms with Crippen LogP contribution in [0.4, 0.5) is 11.4 Å². The van der Waals surface area contributed by atoms with Gasteiger partial charge in [-0.25, -0.2) is 8.42 Å². The third kappa shape index (κ3) is 6.29. The van der Waals surface area contributed by atoms with E-state index in [4.69, 9.17) is 32.7 Å². The molecule has 3 aromatic carbocycles. The fraction of sp³-hybridized carbons (Fsp3) is 0.136. The summed E-state index contributed by atoms with van der Waals surface area (Å²) < 4.78 is 38.5. The quantitative estimate of drug-likeness (QED) is 0.425. The van der Waals surface area contributed by atoms with Crippen molar-refractivity contribution in [3.8, 4) is 11.5 Å². The molecule has 0 aromatic heterocycles. The molecule has 0 spiro atoms. The van der Waals surface area contributed by atoms with Crippen LogP contribution in [0.2, 0.25) is 10.0 Å². The molecule has 0 saturated heterocycles. The van der Waals surface area contributed by atoms with Crippen LogP contribution >= 0.6 is 23.2 Å². The molecule has 0 aliphatic rings. The second kappa shape index (κ2) is 10.6.